The number of ether oxygens (including phenoxy) is 1. The number of thioether (sulfide) groups is 1. The fourth-order valence-corrected chi connectivity index (χ4v) is 3.16. The molecule has 1 aliphatic rings. The molecule has 0 spiro atoms. The number of nitrogens with two attached hydrogens (primary N) is 1. The highest BCUT2D eigenvalue weighted by Crippen LogP contribution is 2.54. The first kappa shape index (κ1) is 12.8. The van der Waals surface area contributed by atoms with E-state index in [0.29, 0.717) is 0 Å². The standard InChI is InChI=1S/C14H21NOS/c1-9-7-12(16-3)11(8-13(9)17-4)14(5-6-14)10(2)15/h7-8,10H,5-6,15H2,1-4H3. The molecule has 0 heterocycles. The van der Waals surface area contributed by atoms with Crippen molar-refractivity contribution in [1.29, 1.82) is 0 Å². The Bertz CT molecular complexity index is 424. The van der Waals surface area contributed by atoms with Crippen LogP contribution in [0.5, 0.6) is 5.75 Å². The quantitative estimate of drug-likeness (QED) is 0.835. The predicted octanol–water partition coefficient (Wildman–Crippen LogP) is 3.10. The zero-order chi connectivity index (χ0) is 12.6. The lowest BCUT2D eigenvalue weighted by atomic mass is 9.88. The number of hydrogen-bond donors (Lipinski definition) is 1. The summed E-state index contributed by atoms with van der Waals surface area (Å²) in [4.78, 5) is 1.33. The first-order chi connectivity index (χ1) is 8.05. The van der Waals surface area contributed by atoms with Gasteiger partial charge in [-0.05, 0) is 50.6 Å². The molecule has 1 aromatic rings. The third kappa shape index (κ3) is 2.06. The van der Waals surface area contributed by atoms with Crippen LogP contribution in [0.2, 0.25) is 0 Å². The Balaban J connectivity index is 2.52. The minimum Gasteiger partial charge on any atom is -0.496 e. The van der Waals surface area contributed by atoms with E-state index in [4.69, 9.17) is 10.5 Å². The van der Waals surface area contributed by atoms with Crippen molar-refractivity contribution in [3.05, 3.63) is 23.3 Å². The van der Waals surface area contributed by atoms with E-state index in [-0.39, 0.29) is 11.5 Å². The molecule has 2 nitrogen and oxygen atoms in total. The highest BCUT2D eigenvalue weighted by molar-refractivity contribution is 7.98. The maximum Gasteiger partial charge on any atom is 0.123 e. The molecule has 1 aliphatic carbocycles. The molecule has 0 aliphatic heterocycles. The van der Waals surface area contributed by atoms with Gasteiger partial charge in [-0.1, -0.05) is 0 Å². The molecule has 0 bridgehead atoms. The summed E-state index contributed by atoms with van der Waals surface area (Å²) in [5.74, 6) is 0.995. The molecule has 1 unspecified atom stereocenters. The van der Waals surface area contributed by atoms with Crippen LogP contribution in [0.1, 0.15) is 30.9 Å². The second kappa shape index (κ2) is 4.54. The SMILES string of the molecule is COc1cc(C)c(SC)cc1C1(C(C)N)CC1. The fraction of sp³-hybridized carbons (Fsp3) is 0.571. The minimum atomic E-state index is 0.156. The Hall–Kier alpha value is -0.670. The first-order valence-electron chi connectivity index (χ1n) is 6.04. The average Bonchev–Trinajstić information content (AvgIpc) is 3.09. The number of aryl methyl sites for hydroxylation is 1. The second-order valence-electron chi connectivity index (χ2n) is 4.97. The van der Waals surface area contributed by atoms with E-state index in [1.807, 2.05) is 0 Å². The molecule has 3 heteroatoms. The van der Waals surface area contributed by atoms with Gasteiger partial charge in [0, 0.05) is 21.9 Å². The van der Waals surface area contributed by atoms with Gasteiger partial charge in [0.1, 0.15) is 5.75 Å². The molecule has 0 aromatic heterocycles. The number of hydrogen-bond acceptors (Lipinski definition) is 3. The van der Waals surface area contributed by atoms with E-state index < -0.39 is 0 Å². The summed E-state index contributed by atoms with van der Waals surface area (Å²) in [7, 11) is 1.74. The van der Waals surface area contributed by atoms with Crippen LogP contribution in [0.25, 0.3) is 0 Å². The van der Waals surface area contributed by atoms with Gasteiger partial charge in [0.25, 0.3) is 0 Å². The summed E-state index contributed by atoms with van der Waals surface area (Å²) in [5.41, 5.74) is 8.88. The zero-order valence-electron chi connectivity index (χ0n) is 11.0. The van der Waals surface area contributed by atoms with Crippen LogP contribution in [0.15, 0.2) is 17.0 Å². The van der Waals surface area contributed by atoms with E-state index in [1.165, 1.54) is 28.9 Å². The van der Waals surface area contributed by atoms with Crippen molar-refractivity contribution < 1.29 is 4.74 Å². The Kier molecular flexibility index (Phi) is 3.41. The Morgan fingerprint density at radius 3 is 2.47 bits per heavy atom. The molecule has 0 saturated heterocycles. The van der Waals surface area contributed by atoms with Crippen LogP contribution in [0.4, 0.5) is 0 Å². The van der Waals surface area contributed by atoms with Gasteiger partial charge in [0.05, 0.1) is 7.11 Å². The monoisotopic (exact) mass is 251 g/mol. The van der Waals surface area contributed by atoms with Crippen molar-refractivity contribution in [3.8, 4) is 5.75 Å². The lowest BCUT2D eigenvalue weighted by Crippen LogP contribution is -2.32. The van der Waals surface area contributed by atoms with Gasteiger partial charge >= 0.3 is 0 Å². The highest BCUT2D eigenvalue weighted by Gasteiger charge is 2.49. The van der Waals surface area contributed by atoms with Gasteiger partial charge < -0.3 is 10.5 Å². The molecule has 0 amide bonds. The van der Waals surface area contributed by atoms with Crippen molar-refractivity contribution in [2.24, 2.45) is 5.73 Å². The number of rotatable bonds is 4. The van der Waals surface area contributed by atoms with Crippen molar-refractivity contribution in [3.63, 3.8) is 0 Å². The minimum absolute atomic E-state index is 0.156. The predicted molar refractivity (Wildman–Crippen MR) is 74.1 cm³/mol. The molecule has 1 atom stereocenters. The Labute approximate surface area is 108 Å². The van der Waals surface area contributed by atoms with Gasteiger partial charge in [-0.15, -0.1) is 11.8 Å². The summed E-state index contributed by atoms with van der Waals surface area (Å²) < 4.78 is 5.54. The summed E-state index contributed by atoms with van der Waals surface area (Å²) >= 11 is 1.79. The molecule has 2 N–H and O–H groups in total. The molecule has 1 aromatic carbocycles. The Morgan fingerprint density at radius 2 is 2.06 bits per heavy atom. The van der Waals surface area contributed by atoms with E-state index in [1.54, 1.807) is 18.9 Å². The third-order valence-electron chi connectivity index (χ3n) is 3.91. The summed E-state index contributed by atoms with van der Waals surface area (Å²) in [6.07, 6.45) is 4.47. The van der Waals surface area contributed by atoms with E-state index in [9.17, 15) is 0 Å². The lowest BCUT2D eigenvalue weighted by molar-refractivity contribution is 0.397. The first-order valence-corrected chi connectivity index (χ1v) is 7.26. The van der Waals surface area contributed by atoms with Crippen LogP contribution in [-0.4, -0.2) is 19.4 Å². The van der Waals surface area contributed by atoms with Crippen LogP contribution >= 0.6 is 11.8 Å². The molecule has 0 radical (unpaired) electrons. The Morgan fingerprint density at radius 1 is 1.41 bits per heavy atom. The van der Waals surface area contributed by atoms with Crippen LogP contribution < -0.4 is 10.5 Å². The summed E-state index contributed by atoms with van der Waals surface area (Å²) in [6, 6.07) is 4.60. The van der Waals surface area contributed by atoms with E-state index in [2.05, 4.69) is 32.2 Å². The molecule has 1 saturated carbocycles. The van der Waals surface area contributed by atoms with Gasteiger partial charge in [-0.25, -0.2) is 0 Å². The maximum atomic E-state index is 6.16. The maximum absolute atomic E-state index is 6.16. The largest absolute Gasteiger partial charge is 0.496 e. The van der Waals surface area contributed by atoms with Crippen molar-refractivity contribution in [1.82, 2.24) is 0 Å². The van der Waals surface area contributed by atoms with Gasteiger partial charge in [0.2, 0.25) is 0 Å². The topological polar surface area (TPSA) is 35.2 Å². The molecule has 17 heavy (non-hydrogen) atoms. The van der Waals surface area contributed by atoms with Crippen molar-refractivity contribution >= 4 is 11.8 Å². The number of methoxy groups -OCH3 is 1. The van der Waals surface area contributed by atoms with Gasteiger partial charge in [-0.3, -0.25) is 0 Å². The van der Waals surface area contributed by atoms with Crippen LogP contribution in [0, 0.1) is 6.92 Å². The molecule has 2 rings (SSSR count). The van der Waals surface area contributed by atoms with Crippen molar-refractivity contribution in [2.75, 3.05) is 13.4 Å². The third-order valence-corrected chi connectivity index (χ3v) is 4.79. The second-order valence-corrected chi connectivity index (χ2v) is 5.82. The van der Waals surface area contributed by atoms with E-state index in [0.717, 1.165) is 5.75 Å². The van der Waals surface area contributed by atoms with Crippen LogP contribution in [0.3, 0.4) is 0 Å². The van der Waals surface area contributed by atoms with Crippen LogP contribution in [-0.2, 0) is 5.41 Å². The zero-order valence-corrected chi connectivity index (χ0v) is 11.9. The average molecular weight is 251 g/mol. The van der Waals surface area contributed by atoms with E-state index >= 15 is 0 Å². The highest BCUT2D eigenvalue weighted by atomic mass is 32.2. The fourth-order valence-electron chi connectivity index (χ4n) is 2.54. The van der Waals surface area contributed by atoms with Crippen molar-refractivity contribution in [2.45, 2.75) is 43.0 Å². The number of benzene rings is 1. The lowest BCUT2D eigenvalue weighted by Gasteiger charge is -2.24. The normalized spacial score (nSPS) is 18.9. The summed E-state index contributed by atoms with van der Waals surface area (Å²) in [6.45, 7) is 4.23. The van der Waals surface area contributed by atoms with Gasteiger partial charge in [-0.2, -0.15) is 0 Å². The molecular formula is C14H21NOS. The van der Waals surface area contributed by atoms with Gasteiger partial charge in [0.15, 0.2) is 0 Å². The smallest absolute Gasteiger partial charge is 0.123 e. The molecule has 94 valence electrons. The summed E-state index contributed by atoms with van der Waals surface area (Å²) in [5, 5.41) is 0. The molecular weight excluding hydrogens is 230 g/mol. The molecule has 1 fully saturated rings.